The van der Waals surface area contributed by atoms with Crippen molar-refractivity contribution in [2.24, 2.45) is 23.7 Å². The van der Waals surface area contributed by atoms with Gasteiger partial charge in [-0.3, -0.25) is 9.59 Å². The highest BCUT2D eigenvalue weighted by molar-refractivity contribution is 5.72. The van der Waals surface area contributed by atoms with Gasteiger partial charge in [-0.25, -0.2) is 0 Å². The van der Waals surface area contributed by atoms with Gasteiger partial charge in [0.15, 0.2) is 0 Å². The van der Waals surface area contributed by atoms with Gasteiger partial charge in [0.25, 0.3) is 0 Å². The third-order valence-electron chi connectivity index (χ3n) is 6.69. The molecular formula is C23H34O5. The first-order chi connectivity index (χ1) is 13.4. The summed E-state index contributed by atoms with van der Waals surface area (Å²) in [6.07, 6.45) is 10.6. The fraction of sp³-hybridized carbons (Fsp3) is 0.739. The Labute approximate surface area is 168 Å². The van der Waals surface area contributed by atoms with Crippen molar-refractivity contribution in [3.05, 3.63) is 23.8 Å². The van der Waals surface area contributed by atoms with Crippen LogP contribution in [-0.2, 0) is 19.1 Å². The Kier molecular flexibility index (Phi) is 6.97. The van der Waals surface area contributed by atoms with Crippen molar-refractivity contribution in [3.8, 4) is 0 Å². The molecular weight excluding hydrogens is 356 g/mol. The molecule has 1 fully saturated rings. The zero-order valence-corrected chi connectivity index (χ0v) is 17.3. The normalized spacial score (nSPS) is 36.1. The van der Waals surface area contributed by atoms with E-state index in [2.05, 4.69) is 25.2 Å². The number of hydrogen-bond donors (Lipinski definition) is 1. The second kappa shape index (κ2) is 9.25. The lowest BCUT2D eigenvalue weighted by molar-refractivity contribution is -0.162. The second-order valence-corrected chi connectivity index (χ2v) is 8.76. The number of rotatable bonds is 6. The first-order valence-corrected chi connectivity index (χ1v) is 10.8. The van der Waals surface area contributed by atoms with Gasteiger partial charge in [-0.2, -0.15) is 0 Å². The molecule has 1 heterocycles. The van der Waals surface area contributed by atoms with Gasteiger partial charge in [-0.15, -0.1) is 0 Å². The van der Waals surface area contributed by atoms with Crippen LogP contribution in [-0.4, -0.2) is 35.4 Å². The summed E-state index contributed by atoms with van der Waals surface area (Å²) in [7, 11) is 0. The minimum atomic E-state index is -0.593. The fourth-order valence-electron chi connectivity index (χ4n) is 4.80. The van der Waals surface area contributed by atoms with Gasteiger partial charge in [0.2, 0.25) is 0 Å². The van der Waals surface area contributed by atoms with Crippen LogP contribution in [0.2, 0.25) is 0 Å². The third kappa shape index (κ3) is 4.86. The molecule has 0 amide bonds. The smallest absolute Gasteiger partial charge is 0.308 e. The average molecular weight is 391 g/mol. The average Bonchev–Trinajstić information content (AvgIpc) is 2.66. The van der Waals surface area contributed by atoms with Crippen LogP contribution >= 0.6 is 0 Å². The van der Waals surface area contributed by atoms with Crippen LogP contribution in [0.25, 0.3) is 0 Å². The zero-order valence-electron chi connectivity index (χ0n) is 17.3. The summed E-state index contributed by atoms with van der Waals surface area (Å²) in [5.74, 6) is 0.426. The third-order valence-corrected chi connectivity index (χ3v) is 6.69. The Hall–Kier alpha value is -1.62. The SMILES string of the molecule is CC[C@@H](C)C(=O)O[C@H]1CCC=C2C=C[C@@H](C)[C@@H](CC[C@H]3C[C@@H](O)CC(=O)O3)[C@H]21. The summed E-state index contributed by atoms with van der Waals surface area (Å²) >= 11 is 0. The Morgan fingerprint density at radius 3 is 2.89 bits per heavy atom. The number of cyclic esters (lactones) is 1. The first-order valence-electron chi connectivity index (χ1n) is 10.8. The lowest BCUT2D eigenvalue weighted by Gasteiger charge is -2.42. The largest absolute Gasteiger partial charge is 0.462 e. The van der Waals surface area contributed by atoms with Crippen molar-refractivity contribution < 1.29 is 24.2 Å². The zero-order chi connectivity index (χ0) is 20.3. The Balaban J connectivity index is 1.70. The molecule has 28 heavy (non-hydrogen) atoms. The summed E-state index contributed by atoms with van der Waals surface area (Å²) in [5, 5.41) is 9.86. The molecule has 3 rings (SSSR count). The van der Waals surface area contributed by atoms with E-state index in [-0.39, 0.29) is 42.4 Å². The molecule has 1 saturated heterocycles. The summed E-state index contributed by atoms with van der Waals surface area (Å²) in [6.45, 7) is 6.14. The summed E-state index contributed by atoms with van der Waals surface area (Å²) in [6, 6.07) is 0. The van der Waals surface area contributed by atoms with Gasteiger partial charge < -0.3 is 14.6 Å². The molecule has 1 aliphatic heterocycles. The van der Waals surface area contributed by atoms with E-state index >= 15 is 0 Å². The van der Waals surface area contributed by atoms with Crippen molar-refractivity contribution in [3.63, 3.8) is 0 Å². The first kappa shape index (κ1) is 21.1. The van der Waals surface area contributed by atoms with Crippen LogP contribution in [0.5, 0.6) is 0 Å². The highest BCUT2D eigenvalue weighted by Crippen LogP contribution is 2.44. The van der Waals surface area contributed by atoms with Crippen LogP contribution in [0.1, 0.15) is 65.7 Å². The Bertz CT molecular complexity index is 637. The van der Waals surface area contributed by atoms with Crippen LogP contribution in [0.4, 0.5) is 0 Å². The molecule has 5 nitrogen and oxygen atoms in total. The maximum Gasteiger partial charge on any atom is 0.308 e. The van der Waals surface area contributed by atoms with Crippen LogP contribution < -0.4 is 0 Å². The number of fused-ring (bicyclic) bond motifs is 1. The number of allylic oxidation sites excluding steroid dienone is 3. The van der Waals surface area contributed by atoms with Gasteiger partial charge in [0.05, 0.1) is 18.4 Å². The summed E-state index contributed by atoms with van der Waals surface area (Å²) < 4.78 is 11.4. The molecule has 0 bridgehead atoms. The molecule has 1 N–H and O–H groups in total. The molecule has 0 aromatic heterocycles. The minimum Gasteiger partial charge on any atom is -0.462 e. The van der Waals surface area contributed by atoms with E-state index in [1.807, 2.05) is 13.8 Å². The molecule has 0 aromatic carbocycles. The van der Waals surface area contributed by atoms with E-state index < -0.39 is 6.10 Å². The molecule has 0 radical (unpaired) electrons. The Morgan fingerprint density at radius 1 is 1.39 bits per heavy atom. The van der Waals surface area contributed by atoms with E-state index in [1.165, 1.54) is 5.57 Å². The fourth-order valence-corrected chi connectivity index (χ4v) is 4.80. The summed E-state index contributed by atoms with van der Waals surface area (Å²) in [5.41, 5.74) is 1.27. The number of hydrogen-bond acceptors (Lipinski definition) is 5. The highest BCUT2D eigenvalue weighted by Gasteiger charge is 2.40. The molecule has 2 aliphatic carbocycles. The summed E-state index contributed by atoms with van der Waals surface area (Å²) in [4.78, 5) is 24.1. The van der Waals surface area contributed by atoms with Crippen molar-refractivity contribution in [1.29, 1.82) is 0 Å². The molecule has 0 unspecified atom stereocenters. The molecule has 3 aliphatic rings. The van der Waals surface area contributed by atoms with E-state index in [0.717, 1.165) is 32.1 Å². The van der Waals surface area contributed by atoms with E-state index in [4.69, 9.17) is 9.47 Å². The van der Waals surface area contributed by atoms with E-state index in [0.29, 0.717) is 18.3 Å². The number of aliphatic hydroxyl groups excluding tert-OH is 1. The van der Waals surface area contributed by atoms with Gasteiger partial charge in [-0.1, -0.05) is 39.0 Å². The molecule has 5 heteroatoms. The monoisotopic (exact) mass is 390 g/mol. The van der Waals surface area contributed by atoms with Crippen LogP contribution in [0.3, 0.4) is 0 Å². The Morgan fingerprint density at radius 2 is 2.18 bits per heavy atom. The van der Waals surface area contributed by atoms with Gasteiger partial charge in [-0.05, 0) is 49.5 Å². The topological polar surface area (TPSA) is 72.8 Å². The molecule has 156 valence electrons. The molecule has 0 saturated carbocycles. The highest BCUT2D eigenvalue weighted by atomic mass is 16.5. The number of aliphatic hydroxyl groups is 1. The van der Waals surface area contributed by atoms with Crippen LogP contribution in [0, 0.1) is 23.7 Å². The second-order valence-electron chi connectivity index (χ2n) is 8.76. The van der Waals surface area contributed by atoms with Gasteiger partial charge in [0, 0.05) is 12.3 Å². The van der Waals surface area contributed by atoms with E-state index in [9.17, 15) is 14.7 Å². The maximum atomic E-state index is 12.4. The minimum absolute atomic E-state index is 0.0764. The van der Waals surface area contributed by atoms with Gasteiger partial charge in [0.1, 0.15) is 12.2 Å². The molecule has 0 spiro atoms. The van der Waals surface area contributed by atoms with Crippen molar-refractivity contribution in [2.75, 3.05) is 0 Å². The predicted molar refractivity (Wildman–Crippen MR) is 106 cm³/mol. The standard InChI is InChI=1S/C23H34O5/c1-4-14(2)23(26)28-20-7-5-6-16-9-8-15(3)19(22(16)20)11-10-18-12-17(24)13-21(25)27-18/h6,8-9,14-15,17-20,22,24H,4-5,7,10-13H2,1-3H3/t14-,15-,17-,18+,19-,20+,22+/m1/s1. The van der Waals surface area contributed by atoms with E-state index in [1.54, 1.807) is 0 Å². The molecule has 7 atom stereocenters. The van der Waals surface area contributed by atoms with Crippen molar-refractivity contribution >= 4 is 11.9 Å². The number of carbonyl (C=O) groups is 2. The number of esters is 2. The van der Waals surface area contributed by atoms with Gasteiger partial charge >= 0.3 is 11.9 Å². The maximum absolute atomic E-state index is 12.4. The number of ether oxygens (including phenoxy) is 2. The lowest BCUT2D eigenvalue weighted by Crippen LogP contribution is -2.40. The molecule has 0 aromatic rings. The van der Waals surface area contributed by atoms with Crippen molar-refractivity contribution in [1.82, 2.24) is 0 Å². The van der Waals surface area contributed by atoms with Crippen LogP contribution in [0.15, 0.2) is 23.8 Å². The number of carbonyl (C=O) groups excluding carboxylic acids is 2. The van der Waals surface area contributed by atoms with Crippen molar-refractivity contribution in [2.45, 2.75) is 84.0 Å². The lowest BCUT2D eigenvalue weighted by atomic mass is 9.66. The predicted octanol–water partition coefficient (Wildman–Crippen LogP) is 3.95. The quantitative estimate of drug-likeness (QED) is 0.695.